The SMILES string of the molecule is Cc1c(I)c(N2CCC3(CC(=O)N(C)C3)CC2(C)C)nn1C1CC2(C1)CN(C(=O)OC(C)(C)C)C2. The molecule has 4 aliphatic rings. The fraction of sp³-hybridized carbons (Fsp3) is 0.808. The molecule has 2 spiro atoms. The molecule has 0 bridgehead atoms. The first-order chi connectivity index (χ1) is 16.1. The summed E-state index contributed by atoms with van der Waals surface area (Å²) in [6.45, 7) is 15.9. The Morgan fingerprint density at radius 3 is 2.34 bits per heavy atom. The van der Waals surface area contributed by atoms with E-state index in [2.05, 4.69) is 52.9 Å². The van der Waals surface area contributed by atoms with Crippen molar-refractivity contribution in [3.8, 4) is 0 Å². The number of piperidine rings is 1. The highest BCUT2D eigenvalue weighted by atomic mass is 127. The fourth-order valence-corrected chi connectivity index (χ4v) is 7.78. The normalized spacial score (nSPS) is 28.0. The van der Waals surface area contributed by atoms with E-state index in [0.717, 1.165) is 57.7 Å². The lowest BCUT2D eigenvalue weighted by Gasteiger charge is -2.58. The fourth-order valence-electron chi connectivity index (χ4n) is 7.14. The Labute approximate surface area is 222 Å². The summed E-state index contributed by atoms with van der Waals surface area (Å²) >= 11 is 2.46. The highest BCUT2D eigenvalue weighted by Gasteiger charge is 2.56. The van der Waals surface area contributed by atoms with Gasteiger partial charge < -0.3 is 19.4 Å². The lowest BCUT2D eigenvalue weighted by Crippen LogP contribution is -2.64. The maximum atomic E-state index is 12.3. The average Bonchev–Trinajstić information content (AvgIpc) is 3.07. The molecular weight excluding hydrogens is 557 g/mol. The van der Waals surface area contributed by atoms with E-state index in [9.17, 15) is 9.59 Å². The predicted octanol–water partition coefficient (Wildman–Crippen LogP) is 4.60. The third-order valence-electron chi connectivity index (χ3n) is 8.63. The molecule has 1 aromatic heterocycles. The Hall–Kier alpha value is -1.52. The van der Waals surface area contributed by atoms with Crippen molar-refractivity contribution in [2.75, 3.05) is 38.1 Å². The van der Waals surface area contributed by atoms with Crippen LogP contribution in [-0.2, 0) is 9.53 Å². The molecule has 1 saturated carbocycles. The molecule has 3 aliphatic heterocycles. The van der Waals surface area contributed by atoms with Crippen molar-refractivity contribution in [2.45, 2.75) is 90.8 Å². The first-order valence-electron chi connectivity index (χ1n) is 12.9. The summed E-state index contributed by atoms with van der Waals surface area (Å²) in [5.74, 6) is 1.37. The van der Waals surface area contributed by atoms with Crippen molar-refractivity contribution in [1.29, 1.82) is 0 Å². The van der Waals surface area contributed by atoms with E-state index in [0.29, 0.717) is 12.5 Å². The Morgan fingerprint density at radius 1 is 1.14 bits per heavy atom. The van der Waals surface area contributed by atoms with Crippen molar-refractivity contribution < 1.29 is 14.3 Å². The summed E-state index contributed by atoms with van der Waals surface area (Å²) in [7, 11) is 1.94. The monoisotopic (exact) mass is 597 g/mol. The number of carbonyl (C=O) groups excluding carboxylic acids is 2. The second kappa shape index (κ2) is 7.99. The van der Waals surface area contributed by atoms with Crippen LogP contribution in [0.15, 0.2) is 0 Å². The molecule has 1 aliphatic carbocycles. The maximum Gasteiger partial charge on any atom is 0.410 e. The first kappa shape index (κ1) is 25.1. The van der Waals surface area contributed by atoms with Gasteiger partial charge in [-0.25, -0.2) is 4.79 Å². The summed E-state index contributed by atoms with van der Waals surface area (Å²) in [6.07, 6.45) is 4.64. The van der Waals surface area contributed by atoms with Gasteiger partial charge in [-0.2, -0.15) is 5.10 Å². The van der Waals surface area contributed by atoms with Gasteiger partial charge in [0.25, 0.3) is 0 Å². The smallest absolute Gasteiger partial charge is 0.410 e. The zero-order valence-electron chi connectivity index (χ0n) is 22.3. The van der Waals surface area contributed by atoms with Crippen LogP contribution in [0.25, 0.3) is 0 Å². The van der Waals surface area contributed by atoms with Gasteiger partial charge in [0, 0.05) is 56.0 Å². The number of likely N-dealkylation sites (tertiary alicyclic amines) is 2. The molecule has 0 aromatic carbocycles. The number of ether oxygens (including phenoxy) is 1. The average molecular weight is 598 g/mol. The van der Waals surface area contributed by atoms with Crippen molar-refractivity contribution in [3.05, 3.63) is 9.26 Å². The molecule has 1 unspecified atom stereocenters. The Kier molecular flexibility index (Phi) is 5.74. The summed E-state index contributed by atoms with van der Waals surface area (Å²) in [6, 6.07) is 0.387. The third kappa shape index (κ3) is 4.33. The minimum atomic E-state index is -0.452. The number of hydrogen-bond acceptors (Lipinski definition) is 5. The molecule has 1 atom stereocenters. The standard InChI is InChI=1S/C26H40IN5O3/c1-17-20(27)21(31-9-8-25(13-24(31,5)6)12-19(33)29(7)14-25)28-32(17)18-10-26(11-18)15-30(16-26)22(34)35-23(2,3)4/h18H,8-16H2,1-7H3. The van der Waals surface area contributed by atoms with Gasteiger partial charge in [-0.3, -0.25) is 9.48 Å². The number of anilines is 1. The second-order valence-electron chi connectivity index (χ2n) is 13.4. The summed E-state index contributed by atoms with van der Waals surface area (Å²) in [5.41, 5.74) is 1.04. The van der Waals surface area contributed by atoms with Crippen LogP contribution in [0.2, 0.25) is 0 Å². The van der Waals surface area contributed by atoms with Gasteiger partial charge >= 0.3 is 6.09 Å². The van der Waals surface area contributed by atoms with E-state index in [4.69, 9.17) is 9.84 Å². The van der Waals surface area contributed by atoms with Gasteiger partial charge in [-0.05, 0) is 89.8 Å². The van der Waals surface area contributed by atoms with Crippen molar-refractivity contribution in [2.24, 2.45) is 10.8 Å². The molecule has 9 heteroatoms. The van der Waals surface area contributed by atoms with E-state index in [1.807, 2.05) is 37.6 Å². The number of rotatable bonds is 2. The molecule has 2 amide bonds. The van der Waals surface area contributed by atoms with Gasteiger partial charge in [0.2, 0.25) is 5.91 Å². The van der Waals surface area contributed by atoms with E-state index >= 15 is 0 Å². The highest BCUT2D eigenvalue weighted by molar-refractivity contribution is 14.1. The summed E-state index contributed by atoms with van der Waals surface area (Å²) in [5, 5.41) is 5.17. The molecule has 1 aromatic rings. The van der Waals surface area contributed by atoms with E-state index < -0.39 is 5.60 Å². The second-order valence-corrected chi connectivity index (χ2v) is 14.5. The van der Waals surface area contributed by atoms with Crippen molar-refractivity contribution in [3.63, 3.8) is 0 Å². The van der Waals surface area contributed by atoms with Gasteiger partial charge in [0.05, 0.1) is 15.3 Å². The molecule has 35 heavy (non-hydrogen) atoms. The zero-order chi connectivity index (χ0) is 25.6. The number of hydrogen-bond donors (Lipinski definition) is 0. The van der Waals surface area contributed by atoms with Crippen LogP contribution in [-0.4, -0.2) is 75.9 Å². The number of halogens is 1. The number of amides is 2. The predicted molar refractivity (Wildman–Crippen MR) is 144 cm³/mol. The Bertz CT molecular complexity index is 1050. The topological polar surface area (TPSA) is 70.9 Å². The van der Waals surface area contributed by atoms with Crippen LogP contribution in [0, 0.1) is 21.3 Å². The van der Waals surface area contributed by atoms with E-state index in [-0.39, 0.29) is 28.4 Å². The molecule has 0 radical (unpaired) electrons. The van der Waals surface area contributed by atoms with Gasteiger partial charge in [0.1, 0.15) is 5.60 Å². The minimum absolute atomic E-state index is 0.0576. The van der Waals surface area contributed by atoms with Crippen LogP contribution >= 0.6 is 22.6 Å². The van der Waals surface area contributed by atoms with Crippen molar-refractivity contribution >= 4 is 40.4 Å². The van der Waals surface area contributed by atoms with Crippen LogP contribution in [0.5, 0.6) is 0 Å². The molecule has 8 nitrogen and oxygen atoms in total. The maximum absolute atomic E-state index is 12.3. The zero-order valence-corrected chi connectivity index (χ0v) is 24.4. The Morgan fingerprint density at radius 2 is 1.80 bits per heavy atom. The highest BCUT2D eigenvalue weighted by Crippen LogP contribution is 2.55. The minimum Gasteiger partial charge on any atom is -0.444 e. The van der Waals surface area contributed by atoms with E-state index in [1.54, 1.807) is 0 Å². The van der Waals surface area contributed by atoms with Crippen LogP contribution in [0.1, 0.15) is 78.5 Å². The lowest BCUT2D eigenvalue weighted by atomic mass is 9.61. The number of carbonyl (C=O) groups is 2. The van der Waals surface area contributed by atoms with Crippen LogP contribution in [0.3, 0.4) is 0 Å². The van der Waals surface area contributed by atoms with Crippen LogP contribution in [0.4, 0.5) is 10.6 Å². The molecule has 0 N–H and O–H groups in total. The molecule has 194 valence electrons. The quantitative estimate of drug-likeness (QED) is 0.467. The lowest BCUT2D eigenvalue weighted by molar-refractivity contribution is -0.126. The molecule has 4 fully saturated rings. The molecular formula is C26H40IN5O3. The van der Waals surface area contributed by atoms with Crippen LogP contribution < -0.4 is 4.90 Å². The largest absolute Gasteiger partial charge is 0.444 e. The van der Waals surface area contributed by atoms with Crippen molar-refractivity contribution in [1.82, 2.24) is 19.6 Å². The molecule has 4 heterocycles. The number of aromatic nitrogens is 2. The van der Waals surface area contributed by atoms with Gasteiger partial charge in [-0.1, -0.05) is 0 Å². The van der Waals surface area contributed by atoms with E-state index in [1.165, 1.54) is 9.26 Å². The molecule has 5 rings (SSSR count). The summed E-state index contributed by atoms with van der Waals surface area (Å²) in [4.78, 5) is 30.9. The number of nitrogens with zero attached hydrogens (tertiary/aromatic N) is 5. The third-order valence-corrected chi connectivity index (χ3v) is 9.89. The van der Waals surface area contributed by atoms with Gasteiger partial charge in [0.15, 0.2) is 5.82 Å². The Balaban J connectivity index is 1.25. The summed E-state index contributed by atoms with van der Waals surface area (Å²) < 4.78 is 9.00. The van der Waals surface area contributed by atoms with Gasteiger partial charge in [-0.15, -0.1) is 0 Å². The first-order valence-corrected chi connectivity index (χ1v) is 13.9. The molecule has 3 saturated heterocycles.